The number of rotatable bonds is 2. The van der Waals surface area contributed by atoms with Crippen molar-refractivity contribution >= 4 is 10.8 Å². The van der Waals surface area contributed by atoms with E-state index < -0.39 is 0 Å². The van der Waals surface area contributed by atoms with Gasteiger partial charge in [-0.05, 0) is 47.2 Å². The normalized spacial score (nSPS) is 15.8. The Morgan fingerprint density at radius 1 is 0.913 bits per heavy atom. The summed E-state index contributed by atoms with van der Waals surface area (Å²) in [4.78, 5) is 15.5. The van der Waals surface area contributed by atoms with E-state index in [1.807, 2.05) is 24.3 Å². The highest BCUT2D eigenvalue weighted by Gasteiger charge is 2.18. The van der Waals surface area contributed by atoms with Crippen molar-refractivity contribution in [3.8, 4) is 11.3 Å². The minimum absolute atomic E-state index is 0.0301. The smallest absolute Gasteiger partial charge is 0.251 e. The summed E-state index contributed by atoms with van der Waals surface area (Å²) in [6.45, 7) is 1.49. The van der Waals surface area contributed by atoms with Gasteiger partial charge in [0.25, 0.3) is 5.56 Å². The van der Waals surface area contributed by atoms with Gasteiger partial charge in [-0.2, -0.15) is 0 Å². The summed E-state index contributed by atoms with van der Waals surface area (Å²) in [7, 11) is 0. The number of aromatic amines is 1. The summed E-state index contributed by atoms with van der Waals surface area (Å²) < 4.78 is 5.38. The highest BCUT2D eigenvalue weighted by Crippen LogP contribution is 2.26. The monoisotopic (exact) mass is 305 g/mol. The average molecular weight is 305 g/mol. The first-order valence-corrected chi connectivity index (χ1v) is 8.11. The molecule has 2 heterocycles. The average Bonchev–Trinajstić information content (AvgIpc) is 2.62. The molecule has 0 unspecified atom stereocenters. The van der Waals surface area contributed by atoms with Crippen LogP contribution in [0.3, 0.4) is 0 Å². The Morgan fingerprint density at radius 2 is 1.70 bits per heavy atom. The van der Waals surface area contributed by atoms with Gasteiger partial charge in [0.1, 0.15) is 0 Å². The Morgan fingerprint density at radius 3 is 2.48 bits per heavy atom. The molecule has 1 aromatic heterocycles. The molecule has 1 aliphatic rings. The Labute approximate surface area is 134 Å². The van der Waals surface area contributed by atoms with Crippen LogP contribution in [0.2, 0.25) is 0 Å². The highest BCUT2D eigenvalue weighted by atomic mass is 16.5. The molecule has 0 aliphatic carbocycles. The summed E-state index contributed by atoms with van der Waals surface area (Å²) in [5.74, 6) is 0.318. The maximum atomic E-state index is 12.5. The van der Waals surface area contributed by atoms with Crippen molar-refractivity contribution in [3.05, 3.63) is 70.5 Å². The van der Waals surface area contributed by atoms with Gasteiger partial charge in [0.2, 0.25) is 0 Å². The number of nitrogens with one attached hydrogen (secondary N) is 1. The Bertz CT molecular complexity index is 891. The fourth-order valence-electron chi connectivity index (χ4n) is 3.34. The second-order valence-electron chi connectivity index (χ2n) is 6.11. The molecule has 0 radical (unpaired) electrons. The van der Waals surface area contributed by atoms with E-state index in [1.54, 1.807) is 0 Å². The molecule has 3 heteroatoms. The molecule has 116 valence electrons. The third-order valence-corrected chi connectivity index (χ3v) is 4.66. The van der Waals surface area contributed by atoms with Crippen LogP contribution in [0.15, 0.2) is 59.4 Å². The van der Waals surface area contributed by atoms with Gasteiger partial charge in [-0.1, -0.05) is 42.5 Å². The van der Waals surface area contributed by atoms with Crippen LogP contribution >= 0.6 is 0 Å². The van der Waals surface area contributed by atoms with E-state index in [1.165, 1.54) is 10.8 Å². The van der Waals surface area contributed by atoms with Gasteiger partial charge in [-0.15, -0.1) is 0 Å². The fraction of sp³-hybridized carbons (Fsp3) is 0.250. The Kier molecular flexibility index (Phi) is 3.72. The summed E-state index contributed by atoms with van der Waals surface area (Å²) in [5, 5.41) is 2.39. The molecule has 1 aliphatic heterocycles. The van der Waals surface area contributed by atoms with E-state index in [0.29, 0.717) is 5.92 Å². The molecule has 0 amide bonds. The summed E-state index contributed by atoms with van der Waals surface area (Å²) in [6, 6.07) is 18.5. The largest absolute Gasteiger partial charge is 0.381 e. The summed E-state index contributed by atoms with van der Waals surface area (Å²) in [5.41, 5.74) is 2.83. The molecular weight excluding hydrogens is 286 g/mol. The molecule has 1 fully saturated rings. The maximum Gasteiger partial charge on any atom is 0.251 e. The zero-order chi connectivity index (χ0) is 15.6. The quantitative estimate of drug-likeness (QED) is 0.775. The van der Waals surface area contributed by atoms with E-state index in [4.69, 9.17) is 4.74 Å². The predicted octanol–water partition coefficient (Wildman–Crippen LogP) is 4.09. The molecule has 3 aromatic rings. The number of H-pyrrole nitrogens is 1. The molecule has 1 saturated heterocycles. The third-order valence-electron chi connectivity index (χ3n) is 4.66. The molecular formula is C20H19NO2. The molecule has 23 heavy (non-hydrogen) atoms. The SMILES string of the molecule is O=c1[nH]c(-c2ccc3ccccc3c2)ccc1C1CCOCC1. The third kappa shape index (κ3) is 2.80. The Hall–Kier alpha value is -2.39. The van der Waals surface area contributed by atoms with Crippen molar-refractivity contribution in [2.45, 2.75) is 18.8 Å². The van der Waals surface area contributed by atoms with E-state index in [-0.39, 0.29) is 5.56 Å². The van der Waals surface area contributed by atoms with Gasteiger partial charge in [-0.3, -0.25) is 4.79 Å². The predicted molar refractivity (Wildman–Crippen MR) is 92.8 cm³/mol. The number of aromatic nitrogens is 1. The van der Waals surface area contributed by atoms with Crippen LogP contribution in [0.1, 0.15) is 24.3 Å². The van der Waals surface area contributed by atoms with Gasteiger partial charge in [0, 0.05) is 24.5 Å². The van der Waals surface area contributed by atoms with Crippen LogP contribution in [-0.4, -0.2) is 18.2 Å². The topological polar surface area (TPSA) is 42.1 Å². The molecule has 3 nitrogen and oxygen atoms in total. The minimum Gasteiger partial charge on any atom is -0.381 e. The van der Waals surface area contributed by atoms with Crippen molar-refractivity contribution in [1.82, 2.24) is 4.98 Å². The lowest BCUT2D eigenvalue weighted by Crippen LogP contribution is -2.22. The van der Waals surface area contributed by atoms with Crippen LogP contribution < -0.4 is 5.56 Å². The molecule has 2 aromatic carbocycles. The van der Waals surface area contributed by atoms with Crippen LogP contribution in [0.4, 0.5) is 0 Å². The van der Waals surface area contributed by atoms with E-state index in [0.717, 1.165) is 42.9 Å². The lowest BCUT2D eigenvalue weighted by atomic mass is 9.92. The molecule has 0 atom stereocenters. The minimum atomic E-state index is 0.0301. The zero-order valence-electron chi connectivity index (χ0n) is 12.9. The number of fused-ring (bicyclic) bond motifs is 1. The van der Waals surface area contributed by atoms with Crippen molar-refractivity contribution in [2.75, 3.05) is 13.2 Å². The van der Waals surface area contributed by atoms with Gasteiger partial charge in [0.15, 0.2) is 0 Å². The Balaban J connectivity index is 1.71. The lowest BCUT2D eigenvalue weighted by Gasteiger charge is -2.21. The molecule has 4 rings (SSSR count). The number of hydrogen-bond donors (Lipinski definition) is 1. The first kappa shape index (κ1) is 14.2. The van der Waals surface area contributed by atoms with E-state index >= 15 is 0 Å². The lowest BCUT2D eigenvalue weighted by molar-refractivity contribution is 0.0851. The number of pyridine rings is 1. The summed E-state index contributed by atoms with van der Waals surface area (Å²) >= 11 is 0. The van der Waals surface area contributed by atoms with Crippen molar-refractivity contribution in [3.63, 3.8) is 0 Å². The maximum absolute atomic E-state index is 12.5. The van der Waals surface area contributed by atoms with E-state index in [2.05, 4.69) is 35.3 Å². The first-order valence-electron chi connectivity index (χ1n) is 8.11. The second kappa shape index (κ2) is 6.01. The van der Waals surface area contributed by atoms with Gasteiger partial charge < -0.3 is 9.72 Å². The first-order chi connectivity index (χ1) is 11.3. The molecule has 1 N–H and O–H groups in total. The van der Waals surface area contributed by atoms with Gasteiger partial charge in [0.05, 0.1) is 0 Å². The second-order valence-corrected chi connectivity index (χ2v) is 6.11. The van der Waals surface area contributed by atoms with Crippen LogP contribution in [-0.2, 0) is 4.74 Å². The van der Waals surface area contributed by atoms with Gasteiger partial charge in [-0.25, -0.2) is 0 Å². The number of ether oxygens (including phenoxy) is 1. The molecule has 0 bridgehead atoms. The fourth-order valence-corrected chi connectivity index (χ4v) is 3.34. The standard InChI is InChI=1S/C20H19NO2/c22-20-18(15-9-11-23-12-10-15)7-8-19(21-20)17-6-5-14-3-1-2-4-16(14)13-17/h1-8,13,15H,9-12H2,(H,21,22). The van der Waals surface area contributed by atoms with Crippen LogP contribution in [0.25, 0.3) is 22.0 Å². The zero-order valence-corrected chi connectivity index (χ0v) is 12.9. The highest BCUT2D eigenvalue weighted by molar-refractivity contribution is 5.86. The number of benzene rings is 2. The van der Waals surface area contributed by atoms with E-state index in [9.17, 15) is 4.79 Å². The summed E-state index contributed by atoms with van der Waals surface area (Å²) in [6.07, 6.45) is 1.86. The van der Waals surface area contributed by atoms with Crippen LogP contribution in [0.5, 0.6) is 0 Å². The molecule has 0 saturated carbocycles. The van der Waals surface area contributed by atoms with Gasteiger partial charge >= 0.3 is 0 Å². The van der Waals surface area contributed by atoms with Crippen molar-refractivity contribution in [2.24, 2.45) is 0 Å². The van der Waals surface area contributed by atoms with Crippen molar-refractivity contribution in [1.29, 1.82) is 0 Å². The molecule has 0 spiro atoms. The van der Waals surface area contributed by atoms with Crippen LogP contribution in [0, 0.1) is 0 Å². The van der Waals surface area contributed by atoms with Crippen molar-refractivity contribution < 1.29 is 4.74 Å². The number of hydrogen-bond acceptors (Lipinski definition) is 2.